The van der Waals surface area contributed by atoms with Crippen LogP contribution in [0.25, 0.3) is 65.2 Å². The Bertz CT molecular complexity index is 4240. The third-order valence-corrected chi connectivity index (χ3v) is 13.7. The van der Waals surface area contributed by atoms with Crippen LogP contribution in [0.4, 0.5) is 0 Å². The minimum Gasteiger partial charge on any atom is -0.289 e. The van der Waals surface area contributed by atoms with Crippen molar-refractivity contribution in [1.29, 1.82) is 0 Å². The molecule has 1 aliphatic carbocycles. The normalized spacial score (nSPS) is 8.70. The zero-order valence-electron chi connectivity index (χ0n) is 95.4. The van der Waals surface area contributed by atoms with Gasteiger partial charge in [-0.3, -0.25) is 34.9 Å². The number of allylic oxidation sites excluding steroid dienone is 6. The first-order valence-electron chi connectivity index (χ1n) is 51.8. The molecule has 0 fully saturated rings. The van der Waals surface area contributed by atoms with Gasteiger partial charge in [0, 0.05) is 157 Å². The lowest BCUT2D eigenvalue weighted by molar-refractivity contribution is 0.865. The van der Waals surface area contributed by atoms with Crippen molar-refractivity contribution in [3.63, 3.8) is 0 Å². The molecule has 0 unspecified atom stereocenters. The van der Waals surface area contributed by atoms with E-state index in [1.165, 1.54) is 54.0 Å². The molecular formula is C121H176N28. The average molecular weight is 2020 g/mol. The number of aliphatic imine (C=N–C) groups is 2. The van der Waals surface area contributed by atoms with Crippen molar-refractivity contribution in [3.8, 4) is 0 Å². The summed E-state index contributed by atoms with van der Waals surface area (Å²) >= 11 is 0. The van der Waals surface area contributed by atoms with Crippen LogP contribution in [0.2, 0.25) is 0 Å². The van der Waals surface area contributed by atoms with Gasteiger partial charge in [0.2, 0.25) is 0 Å². The van der Waals surface area contributed by atoms with Crippen LogP contribution in [0, 0.1) is 0 Å². The molecule has 28 nitrogen and oxygen atoms in total. The van der Waals surface area contributed by atoms with Gasteiger partial charge in [0.05, 0.1) is 65.8 Å². The Labute approximate surface area is 895 Å². The summed E-state index contributed by atoms with van der Waals surface area (Å²) in [6.07, 6.45) is 69.6. The Hall–Kier alpha value is -16.8. The fourth-order valence-electron chi connectivity index (χ4n) is 8.44. The number of para-hydroxylation sites is 3. The number of benzene rings is 6. The molecule has 0 saturated heterocycles. The second kappa shape index (κ2) is 144. The van der Waals surface area contributed by atoms with Gasteiger partial charge in [-0.25, -0.2) is 49.8 Å². The highest BCUT2D eigenvalue weighted by molar-refractivity contribution is 5.82. The first kappa shape index (κ1) is 152. The van der Waals surface area contributed by atoms with Gasteiger partial charge in [-0.2, -0.15) is 35.7 Å². The van der Waals surface area contributed by atoms with E-state index in [-0.39, 0.29) is 0 Å². The highest BCUT2D eigenvalue weighted by atomic mass is 15.3. The molecule has 0 saturated carbocycles. The predicted octanol–water partition coefficient (Wildman–Crippen LogP) is 32.6. The first-order chi connectivity index (χ1) is 74.3. The van der Waals surface area contributed by atoms with Crippen LogP contribution >= 0.6 is 0 Å². The van der Waals surface area contributed by atoms with Gasteiger partial charge in [-0.05, 0) is 107 Å². The van der Waals surface area contributed by atoms with E-state index in [1.54, 1.807) is 136 Å². The Kier molecular flexibility index (Phi) is 148. The molecule has 3 aliphatic rings. The Balaban J connectivity index is -0.000000171. The van der Waals surface area contributed by atoms with Crippen molar-refractivity contribution in [1.82, 2.24) is 131 Å². The number of hydrogen-bond donors (Lipinski definition) is 0. The van der Waals surface area contributed by atoms with E-state index in [1.807, 2.05) is 453 Å². The number of hydrogen-bond acceptors (Lipinski definition) is 28. The third-order valence-electron chi connectivity index (χ3n) is 13.7. The topological polar surface area (TPSA) is 360 Å². The maximum atomic E-state index is 4.18. The van der Waals surface area contributed by atoms with Crippen LogP contribution in [0.15, 0.2) is 452 Å². The van der Waals surface area contributed by atoms with Crippen LogP contribution in [0.1, 0.15) is 234 Å². The van der Waals surface area contributed by atoms with Gasteiger partial charge in [0.1, 0.15) is 44.3 Å². The Morgan fingerprint density at radius 3 is 0.812 bits per heavy atom. The summed E-state index contributed by atoms with van der Waals surface area (Å²) in [6.45, 7) is 64.9. The molecule has 149 heavy (non-hydrogen) atoms. The molecule has 15 heterocycles. The molecule has 0 radical (unpaired) electrons. The van der Waals surface area contributed by atoms with Gasteiger partial charge >= 0.3 is 0 Å². The number of aromatic nitrogens is 26. The van der Waals surface area contributed by atoms with Gasteiger partial charge in [-0.1, -0.05) is 391 Å². The van der Waals surface area contributed by atoms with Gasteiger partial charge in [0.15, 0.2) is 0 Å². The van der Waals surface area contributed by atoms with Crippen LogP contribution in [-0.2, 0) is 0 Å². The van der Waals surface area contributed by atoms with E-state index in [0.29, 0.717) is 0 Å². The molecular weight excluding hydrogens is 1850 g/mol. The van der Waals surface area contributed by atoms with Crippen LogP contribution in [-0.4, -0.2) is 150 Å². The third kappa shape index (κ3) is 99.7. The molecule has 0 amide bonds. The van der Waals surface area contributed by atoms with Crippen molar-refractivity contribution in [2.24, 2.45) is 9.98 Å². The number of nitrogens with zero attached hydrogens (tertiary/aromatic N) is 28. The van der Waals surface area contributed by atoms with Crippen molar-refractivity contribution < 1.29 is 0 Å². The highest BCUT2D eigenvalue weighted by Crippen LogP contribution is 2.13. The fraction of sp³-hybridized carbons (Fsp3) is 0.289. The van der Waals surface area contributed by atoms with E-state index in [2.05, 4.69) is 190 Å². The summed E-state index contributed by atoms with van der Waals surface area (Å²) in [7, 11) is 0. The Morgan fingerprint density at radius 2 is 0.537 bits per heavy atom. The summed E-state index contributed by atoms with van der Waals surface area (Å²) in [4.78, 5) is 64.6. The van der Waals surface area contributed by atoms with Crippen molar-refractivity contribution in [2.45, 2.75) is 234 Å². The molecule has 0 spiro atoms. The molecule has 6 aromatic carbocycles. The molecule has 13 aromatic heterocycles. The lowest BCUT2D eigenvalue weighted by Crippen LogP contribution is -1.79. The maximum Gasteiger partial charge on any atom is 0.138 e. The van der Waals surface area contributed by atoms with E-state index in [0.717, 1.165) is 68.4 Å². The summed E-state index contributed by atoms with van der Waals surface area (Å²) in [5.41, 5.74) is 4.00. The van der Waals surface area contributed by atoms with Crippen LogP contribution in [0.5, 0.6) is 0 Å². The van der Waals surface area contributed by atoms with E-state index in [9.17, 15) is 0 Å². The maximum absolute atomic E-state index is 4.18. The zero-order chi connectivity index (χ0) is 113. The molecule has 28 heteroatoms. The van der Waals surface area contributed by atoms with Gasteiger partial charge in [0.25, 0.3) is 0 Å². The summed E-state index contributed by atoms with van der Waals surface area (Å²) in [5, 5.41) is 48.5. The second-order valence-corrected chi connectivity index (χ2v) is 21.9. The molecule has 0 N–H and O–H groups in total. The summed E-state index contributed by atoms with van der Waals surface area (Å²) in [6, 6.07) is 68.8. The average Bonchev–Trinajstić information content (AvgIpc) is 1.40. The smallest absolute Gasteiger partial charge is 0.138 e. The number of rotatable bonds is 0. The summed E-state index contributed by atoms with van der Waals surface area (Å²) < 4.78 is 0. The Morgan fingerprint density at radius 1 is 0.181 bits per heavy atom. The minimum absolute atomic E-state index is 0.889. The molecule has 0 bridgehead atoms. The lowest BCUT2D eigenvalue weighted by atomic mass is 10.2. The number of pyridine rings is 3. The first-order valence-corrected chi connectivity index (χ1v) is 51.8. The zero-order valence-corrected chi connectivity index (χ0v) is 95.4. The van der Waals surface area contributed by atoms with Crippen LogP contribution in [0.3, 0.4) is 0 Å². The second-order valence-electron chi connectivity index (χ2n) is 21.9. The minimum atomic E-state index is 0.889. The SMILES string of the molecule is C1=CCC=C1.C1=CCN=C1.C1=CN=CC1.CC.CC.CC.CC.CC.CC.CC.CC.CC.CC.CC.CC.CC.CC.CC.CC.c1ccc2cnccc2c1.c1ccc2cnncc2c1.c1ccc2ncccc2c1.c1ccc2ncncc2c1.c1ccc2ncncc2c1.c1ccc2nnccc2c1.c1ccncc1.c1ccnnc1.c1cnccn1.c1cncnc1.c1cnncn1.c1cnnnc1.c1ncncn1. The standard InChI is InChI=1S/2C9H7N.4C8H6N2.C5H5N.C5H6.3C4H4N2.2C4H5N.3C3H3N3.16C2H6/c1-2-6-9-8(4-1)5-3-7-10-9;1-2-4-9-7-10-6-5-8(9)3-1;2*1-2-4-8-7(3-1)5-9-6-10-8;1-2-4-8-6-10-9-5-7(8)3-1;1-2-4-8-7(3-1)5-6-9-10-8;1-2-4-6-5-3-1;1-2-4-5-3-1;1-2-6-4-3-5-1;1-2-5-4-6-3-1;1-2-4-6-5-3-1;2*1-2-4-5-3-1;1-4-2-6-3-5-1;1-2-5-6-3-4-1;1-2-4-6-5-3-1;16*1-2/h2*1-7H;4*1-6H;1-5H;1-4H,5H2;3*1-4H;1,3-4H,2H2;1-3H,4H2;3*1-3H;16*1-2H3. The fourth-order valence-corrected chi connectivity index (χ4v) is 8.44. The molecule has 2 aliphatic heterocycles. The van der Waals surface area contributed by atoms with E-state index < -0.39 is 0 Å². The number of fused-ring (bicyclic) bond motifs is 6. The van der Waals surface area contributed by atoms with Crippen molar-refractivity contribution in [3.05, 3.63) is 442 Å². The van der Waals surface area contributed by atoms with Crippen LogP contribution < -0.4 is 0 Å². The van der Waals surface area contributed by atoms with E-state index in [4.69, 9.17) is 0 Å². The predicted molar refractivity (Wildman–Crippen MR) is 641 cm³/mol. The van der Waals surface area contributed by atoms with Crippen molar-refractivity contribution in [2.75, 3.05) is 6.54 Å². The molecule has 22 rings (SSSR count). The monoisotopic (exact) mass is 2020 g/mol. The van der Waals surface area contributed by atoms with Gasteiger partial charge in [-0.15, -0.1) is 15.3 Å². The largest absolute Gasteiger partial charge is 0.289 e. The van der Waals surface area contributed by atoms with Gasteiger partial charge < -0.3 is 0 Å². The lowest BCUT2D eigenvalue weighted by Gasteiger charge is -1.91. The summed E-state index contributed by atoms with van der Waals surface area (Å²) in [5.74, 6) is 0. The van der Waals surface area contributed by atoms with Crippen molar-refractivity contribution >= 4 is 77.6 Å². The quantitative estimate of drug-likeness (QED) is 0.136. The molecule has 19 aromatic rings. The highest BCUT2D eigenvalue weighted by Gasteiger charge is 1.93. The van der Waals surface area contributed by atoms with E-state index >= 15 is 0 Å². The molecule has 800 valence electrons. The molecule has 0 atom stereocenters.